The van der Waals surface area contributed by atoms with Gasteiger partial charge in [0.1, 0.15) is 17.9 Å². The summed E-state index contributed by atoms with van der Waals surface area (Å²) in [6, 6.07) is 25.6. The van der Waals surface area contributed by atoms with Crippen LogP contribution in [0.15, 0.2) is 103 Å². The van der Waals surface area contributed by atoms with E-state index in [0.717, 1.165) is 17.2 Å². The number of carboxylic acid groups (broad SMARTS) is 1. The van der Waals surface area contributed by atoms with Crippen molar-refractivity contribution in [3.63, 3.8) is 0 Å². The number of benzene rings is 4. The standard InChI is InChI=1S/C32H26FN3O5/c33-24-13-7-12-23(18-24)31(39)36-27-15-14-22(29(37)35-26(32(40)41)16-20-8-3-1-4-9-20)19-25(27)34-30(38)28(36)17-21-10-5-2-6-11-21/h1-15,18-19,26,28H,16-17H2,(H,34,38)(H,35,37)(H,40,41). The van der Waals surface area contributed by atoms with Crippen LogP contribution in [0.2, 0.25) is 0 Å². The van der Waals surface area contributed by atoms with Crippen LogP contribution in [-0.4, -0.2) is 40.9 Å². The fraction of sp³-hybridized carbons (Fsp3) is 0.125. The Labute approximate surface area is 235 Å². The second-order valence-corrected chi connectivity index (χ2v) is 9.67. The molecule has 0 saturated heterocycles. The van der Waals surface area contributed by atoms with Crippen molar-refractivity contribution in [3.05, 3.63) is 131 Å². The Morgan fingerprint density at radius 2 is 1.54 bits per heavy atom. The largest absolute Gasteiger partial charge is 0.480 e. The van der Waals surface area contributed by atoms with Gasteiger partial charge in [0, 0.05) is 24.0 Å². The van der Waals surface area contributed by atoms with Crippen LogP contribution in [0, 0.1) is 5.82 Å². The number of carbonyl (C=O) groups is 4. The smallest absolute Gasteiger partial charge is 0.326 e. The summed E-state index contributed by atoms with van der Waals surface area (Å²) >= 11 is 0. The predicted molar refractivity (Wildman–Crippen MR) is 151 cm³/mol. The maximum absolute atomic E-state index is 14.0. The number of aliphatic carboxylic acids is 1. The van der Waals surface area contributed by atoms with Crippen molar-refractivity contribution in [1.29, 1.82) is 0 Å². The zero-order chi connectivity index (χ0) is 28.9. The van der Waals surface area contributed by atoms with Crippen LogP contribution < -0.4 is 15.5 Å². The minimum atomic E-state index is -1.19. The number of rotatable bonds is 8. The van der Waals surface area contributed by atoms with Crippen molar-refractivity contribution in [2.75, 3.05) is 10.2 Å². The number of halogens is 1. The fourth-order valence-electron chi connectivity index (χ4n) is 4.81. The minimum Gasteiger partial charge on any atom is -0.480 e. The number of carboxylic acids is 1. The van der Waals surface area contributed by atoms with Crippen LogP contribution in [0.4, 0.5) is 15.8 Å². The lowest BCUT2D eigenvalue weighted by Gasteiger charge is -2.37. The first-order chi connectivity index (χ1) is 19.8. The van der Waals surface area contributed by atoms with Gasteiger partial charge in [-0.15, -0.1) is 0 Å². The van der Waals surface area contributed by atoms with E-state index in [1.165, 1.54) is 41.3 Å². The van der Waals surface area contributed by atoms with Gasteiger partial charge in [-0.05, 0) is 47.5 Å². The normalized spacial score (nSPS) is 14.9. The first-order valence-electron chi connectivity index (χ1n) is 13.0. The van der Waals surface area contributed by atoms with Crippen molar-refractivity contribution in [3.8, 4) is 0 Å². The van der Waals surface area contributed by atoms with Crippen molar-refractivity contribution in [2.24, 2.45) is 0 Å². The molecule has 206 valence electrons. The third-order valence-corrected chi connectivity index (χ3v) is 6.84. The van der Waals surface area contributed by atoms with Crippen LogP contribution in [0.1, 0.15) is 31.8 Å². The number of hydrogen-bond donors (Lipinski definition) is 3. The van der Waals surface area contributed by atoms with E-state index in [2.05, 4.69) is 10.6 Å². The van der Waals surface area contributed by atoms with Crippen LogP contribution in [-0.2, 0) is 22.4 Å². The number of amides is 3. The van der Waals surface area contributed by atoms with Crippen molar-refractivity contribution in [2.45, 2.75) is 24.9 Å². The maximum Gasteiger partial charge on any atom is 0.326 e. The fourth-order valence-corrected chi connectivity index (χ4v) is 4.81. The van der Waals surface area contributed by atoms with Crippen LogP contribution in [0.25, 0.3) is 0 Å². The lowest BCUT2D eigenvalue weighted by atomic mass is 9.98. The molecule has 8 nitrogen and oxygen atoms in total. The van der Waals surface area contributed by atoms with E-state index in [-0.39, 0.29) is 29.7 Å². The molecule has 9 heteroatoms. The number of hydrogen-bond acceptors (Lipinski definition) is 4. The molecule has 0 fully saturated rings. The van der Waals surface area contributed by atoms with Gasteiger partial charge in [-0.3, -0.25) is 19.3 Å². The number of nitrogens with one attached hydrogen (secondary N) is 2. The maximum atomic E-state index is 14.0. The molecular weight excluding hydrogens is 525 g/mol. The monoisotopic (exact) mass is 551 g/mol. The molecule has 4 aromatic rings. The van der Waals surface area contributed by atoms with Gasteiger partial charge < -0.3 is 15.7 Å². The summed E-state index contributed by atoms with van der Waals surface area (Å²) in [7, 11) is 0. The average molecular weight is 552 g/mol. The summed E-state index contributed by atoms with van der Waals surface area (Å²) in [5.74, 6) is -3.49. The number of carbonyl (C=O) groups excluding carboxylic acids is 3. The highest BCUT2D eigenvalue weighted by Crippen LogP contribution is 2.35. The summed E-state index contributed by atoms with van der Waals surface area (Å²) in [6.45, 7) is 0. The van der Waals surface area contributed by atoms with Gasteiger partial charge in [-0.25, -0.2) is 9.18 Å². The quantitative estimate of drug-likeness (QED) is 0.299. The Morgan fingerprint density at radius 1 is 0.854 bits per heavy atom. The molecule has 1 aliphatic rings. The van der Waals surface area contributed by atoms with Crippen molar-refractivity contribution >= 4 is 35.1 Å². The summed E-state index contributed by atoms with van der Waals surface area (Å²) in [4.78, 5) is 53.3. The predicted octanol–water partition coefficient (Wildman–Crippen LogP) is 4.46. The van der Waals surface area contributed by atoms with Crippen LogP contribution in [0.5, 0.6) is 0 Å². The third kappa shape index (κ3) is 6.14. The molecule has 0 spiro atoms. The Balaban J connectivity index is 1.46. The van der Waals surface area contributed by atoms with Gasteiger partial charge in [-0.1, -0.05) is 66.7 Å². The molecule has 0 radical (unpaired) electrons. The molecule has 1 heterocycles. The molecule has 3 amide bonds. The van der Waals surface area contributed by atoms with Gasteiger partial charge in [0.25, 0.3) is 11.8 Å². The molecule has 3 N–H and O–H groups in total. The summed E-state index contributed by atoms with van der Waals surface area (Å²) in [5.41, 5.74) is 2.26. The molecular formula is C32H26FN3O5. The minimum absolute atomic E-state index is 0.0655. The summed E-state index contributed by atoms with van der Waals surface area (Å²) in [6.07, 6.45) is 0.288. The van der Waals surface area contributed by atoms with E-state index in [0.29, 0.717) is 5.69 Å². The lowest BCUT2D eigenvalue weighted by molar-refractivity contribution is -0.139. The molecule has 0 saturated carbocycles. The highest BCUT2D eigenvalue weighted by atomic mass is 19.1. The molecule has 4 aromatic carbocycles. The Bertz CT molecular complexity index is 1610. The topological polar surface area (TPSA) is 116 Å². The van der Waals surface area contributed by atoms with Crippen LogP contribution in [0.3, 0.4) is 0 Å². The van der Waals surface area contributed by atoms with Gasteiger partial charge in [0.15, 0.2) is 0 Å². The number of anilines is 2. The number of nitrogens with zero attached hydrogens (tertiary/aromatic N) is 1. The number of fused-ring (bicyclic) bond motifs is 1. The molecule has 0 aliphatic carbocycles. The van der Waals surface area contributed by atoms with E-state index >= 15 is 0 Å². The van der Waals surface area contributed by atoms with E-state index < -0.39 is 41.6 Å². The van der Waals surface area contributed by atoms with E-state index in [1.807, 2.05) is 36.4 Å². The van der Waals surface area contributed by atoms with Crippen molar-refractivity contribution in [1.82, 2.24) is 5.32 Å². The molecule has 1 aliphatic heterocycles. The second kappa shape index (κ2) is 11.8. The van der Waals surface area contributed by atoms with E-state index in [1.54, 1.807) is 24.3 Å². The van der Waals surface area contributed by atoms with Gasteiger partial charge >= 0.3 is 5.97 Å². The molecule has 2 unspecified atom stereocenters. The van der Waals surface area contributed by atoms with Crippen LogP contribution >= 0.6 is 0 Å². The highest BCUT2D eigenvalue weighted by Gasteiger charge is 2.38. The van der Waals surface area contributed by atoms with Gasteiger partial charge in [0.2, 0.25) is 5.91 Å². The highest BCUT2D eigenvalue weighted by molar-refractivity contribution is 6.17. The van der Waals surface area contributed by atoms with Crippen molar-refractivity contribution < 1.29 is 28.7 Å². The Morgan fingerprint density at radius 3 is 2.20 bits per heavy atom. The summed E-state index contributed by atoms with van der Waals surface area (Å²) < 4.78 is 14.0. The Kier molecular flexibility index (Phi) is 7.87. The summed E-state index contributed by atoms with van der Waals surface area (Å²) in [5, 5.41) is 15.0. The lowest BCUT2D eigenvalue weighted by Crippen LogP contribution is -2.52. The first kappa shape index (κ1) is 27.3. The zero-order valence-corrected chi connectivity index (χ0v) is 21.8. The van der Waals surface area contributed by atoms with E-state index in [4.69, 9.17) is 0 Å². The van der Waals surface area contributed by atoms with Gasteiger partial charge in [0.05, 0.1) is 11.4 Å². The second-order valence-electron chi connectivity index (χ2n) is 9.67. The average Bonchev–Trinajstić information content (AvgIpc) is 2.97. The third-order valence-electron chi connectivity index (χ3n) is 6.84. The molecule has 2 atom stereocenters. The van der Waals surface area contributed by atoms with Gasteiger partial charge in [-0.2, -0.15) is 0 Å². The SMILES string of the molecule is O=C(NC(Cc1ccccc1)C(=O)O)c1ccc2c(c1)NC(=O)C(Cc1ccccc1)N2C(=O)c1cccc(F)c1. The molecule has 0 bridgehead atoms. The first-order valence-corrected chi connectivity index (χ1v) is 13.0. The Hall–Kier alpha value is -5.31. The van der Waals surface area contributed by atoms with E-state index in [9.17, 15) is 28.7 Å². The zero-order valence-electron chi connectivity index (χ0n) is 21.8. The molecule has 41 heavy (non-hydrogen) atoms. The molecule has 5 rings (SSSR count). The molecule has 0 aromatic heterocycles.